The van der Waals surface area contributed by atoms with Gasteiger partial charge in [-0.2, -0.15) is 0 Å². The van der Waals surface area contributed by atoms with E-state index in [4.69, 9.17) is 11.6 Å². The van der Waals surface area contributed by atoms with Gasteiger partial charge in [0.1, 0.15) is 21.5 Å². The van der Waals surface area contributed by atoms with Gasteiger partial charge < -0.3 is 0 Å². The number of hydrogen-bond acceptors (Lipinski definition) is 2. The van der Waals surface area contributed by atoms with Gasteiger partial charge in [0.25, 0.3) is 0 Å². The average Bonchev–Trinajstić information content (AvgIpc) is 2.06. The molecule has 0 aliphatic heterocycles. The van der Waals surface area contributed by atoms with Crippen molar-refractivity contribution in [2.24, 2.45) is 0 Å². The van der Waals surface area contributed by atoms with Crippen LogP contribution in [0.15, 0.2) is 18.2 Å². The smallest absolute Gasteiger partial charge is 0.149 e. The van der Waals surface area contributed by atoms with Crippen LogP contribution >= 0.6 is 11.6 Å². The molecule has 0 spiro atoms. The molecule has 0 aliphatic carbocycles. The molecule has 0 radical (unpaired) electrons. The summed E-state index contributed by atoms with van der Waals surface area (Å²) >= 11 is 5.68. The van der Waals surface area contributed by atoms with E-state index < -0.39 is 32.6 Å². The Morgan fingerprint density at radius 1 is 1.40 bits per heavy atom. The van der Waals surface area contributed by atoms with Crippen molar-refractivity contribution in [3.05, 3.63) is 35.4 Å². The summed E-state index contributed by atoms with van der Waals surface area (Å²) in [6.07, 6.45) is 0.986. The van der Waals surface area contributed by atoms with Crippen LogP contribution in [0.1, 0.15) is 10.9 Å². The van der Waals surface area contributed by atoms with Crippen LogP contribution in [0.5, 0.6) is 0 Å². The number of alkyl halides is 1. The molecule has 0 saturated heterocycles. The molecule has 1 rings (SSSR count). The highest BCUT2D eigenvalue weighted by molar-refractivity contribution is 7.90. The molecule has 1 atom stereocenters. The molecule has 0 heterocycles. The maximum Gasteiger partial charge on any atom is 0.149 e. The predicted molar refractivity (Wildman–Crippen MR) is 54.7 cm³/mol. The molecule has 0 fully saturated rings. The second kappa shape index (κ2) is 4.45. The summed E-state index contributed by atoms with van der Waals surface area (Å²) in [6, 6.07) is 2.77. The third kappa shape index (κ3) is 3.76. The number of hydrogen-bond donors (Lipinski definition) is 0. The number of rotatable bonds is 3. The fourth-order valence-corrected chi connectivity index (χ4v) is 2.68. The van der Waals surface area contributed by atoms with Crippen molar-refractivity contribution in [3.8, 4) is 0 Å². The van der Waals surface area contributed by atoms with Crippen molar-refractivity contribution < 1.29 is 17.2 Å². The van der Waals surface area contributed by atoms with Crippen LogP contribution in [0.3, 0.4) is 0 Å². The van der Waals surface area contributed by atoms with E-state index in [2.05, 4.69) is 0 Å². The van der Waals surface area contributed by atoms with E-state index in [1.165, 1.54) is 0 Å². The van der Waals surface area contributed by atoms with Crippen LogP contribution in [-0.2, 0) is 9.84 Å². The maximum atomic E-state index is 13.1. The molecule has 0 aromatic heterocycles. The van der Waals surface area contributed by atoms with E-state index in [1.54, 1.807) is 0 Å². The highest BCUT2D eigenvalue weighted by atomic mass is 35.5. The lowest BCUT2D eigenvalue weighted by Gasteiger charge is -2.09. The molecular weight excluding hydrogens is 246 g/mol. The lowest BCUT2D eigenvalue weighted by molar-refractivity contribution is 0.580. The first-order valence-electron chi connectivity index (χ1n) is 4.06. The van der Waals surface area contributed by atoms with Crippen LogP contribution in [0, 0.1) is 11.6 Å². The van der Waals surface area contributed by atoms with Gasteiger partial charge >= 0.3 is 0 Å². The zero-order chi connectivity index (χ0) is 11.6. The lowest BCUT2D eigenvalue weighted by Crippen LogP contribution is -2.10. The zero-order valence-corrected chi connectivity index (χ0v) is 9.45. The standard InChI is InChI=1S/C9H9ClF2O2S/c1-15(13,14)5-8(10)7-4-6(11)2-3-9(7)12/h2-4,8H,5H2,1H3. The molecule has 1 aromatic carbocycles. The van der Waals surface area contributed by atoms with Gasteiger partial charge in [-0.05, 0) is 18.2 Å². The van der Waals surface area contributed by atoms with E-state index >= 15 is 0 Å². The predicted octanol–water partition coefficient (Wildman–Crippen LogP) is 2.29. The van der Waals surface area contributed by atoms with Crippen molar-refractivity contribution in [1.29, 1.82) is 0 Å². The van der Waals surface area contributed by atoms with E-state index in [0.29, 0.717) is 0 Å². The molecule has 6 heteroatoms. The van der Waals surface area contributed by atoms with Gasteiger partial charge in [-0.15, -0.1) is 11.6 Å². The summed E-state index contributed by atoms with van der Waals surface area (Å²) in [5.74, 6) is -1.78. The van der Waals surface area contributed by atoms with Crippen LogP contribution < -0.4 is 0 Å². The minimum Gasteiger partial charge on any atom is -0.229 e. The van der Waals surface area contributed by atoms with Gasteiger partial charge in [0.2, 0.25) is 0 Å². The Bertz CT molecular complexity index is 459. The summed E-state index contributed by atoms with van der Waals surface area (Å²) in [5, 5.41) is -1.07. The van der Waals surface area contributed by atoms with Crippen molar-refractivity contribution in [3.63, 3.8) is 0 Å². The normalized spacial score (nSPS) is 13.9. The Labute approximate surface area is 91.8 Å². The van der Waals surface area contributed by atoms with Gasteiger partial charge in [0.15, 0.2) is 0 Å². The summed E-state index contributed by atoms with van der Waals surface area (Å²) < 4.78 is 47.7. The van der Waals surface area contributed by atoms with Crippen molar-refractivity contribution in [2.45, 2.75) is 5.38 Å². The Kier molecular flexibility index (Phi) is 3.67. The Morgan fingerprint density at radius 3 is 2.53 bits per heavy atom. The Morgan fingerprint density at radius 2 is 2.00 bits per heavy atom. The third-order valence-corrected chi connectivity index (χ3v) is 3.26. The number of benzene rings is 1. The number of halogens is 3. The molecule has 1 unspecified atom stereocenters. The van der Waals surface area contributed by atoms with Crippen LogP contribution in [0.25, 0.3) is 0 Å². The second-order valence-corrected chi connectivity index (χ2v) is 5.94. The highest BCUT2D eigenvalue weighted by Crippen LogP contribution is 2.25. The summed E-state index contributed by atoms with van der Waals surface area (Å²) in [6.45, 7) is 0. The molecule has 0 N–H and O–H groups in total. The molecule has 0 amide bonds. The van der Waals surface area contributed by atoms with Gasteiger partial charge in [0.05, 0.1) is 11.1 Å². The fourth-order valence-electron chi connectivity index (χ4n) is 1.11. The summed E-state index contributed by atoms with van der Waals surface area (Å²) in [5.41, 5.74) is -0.137. The zero-order valence-electron chi connectivity index (χ0n) is 7.88. The fraction of sp³-hybridized carbons (Fsp3) is 0.333. The summed E-state index contributed by atoms with van der Waals surface area (Å²) in [4.78, 5) is 0. The SMILES string of the molecule is CS(=O)(=O)CC(Cl)c1cc(F)ccc1F. The lowest BCUT2D eigenvalue weighted by atomic mass is 10.1. The topological polar surface area (TPSA) is 34.1 Å². The van der Waals surface area contributed by atoms with Crippen LogP contribution in [-0.4, -0.2) is 20.4 Å². The van der Waals surface area contributed by atoms with Gasteiger partial charge in [-0.3, -0.25) is 0 Å². The van der Waals surface area contributed by atoms with E-state index in [9.17, 15) is 17.2 Å². The van der Waals surface area contributed by atoms with E-state index in [0.717, 1.165) is 24.5 Å². The van der Waals surface area contributed by atoms with Gasteiger partial charge in [-0.25, -0.2) is 17.2 Å². The average molecular weight is 255 g/mol. The van der Waals surface area contributed by atoms with Crippen molar-refractivity contribution in [2.75, 3.05) is 12.0 Å². The third-order valence-electron chi connectivity index (χ3n) is 1.74. The monoisotopic (exact) mass is 254 g/mol. The molecular formula is C9H9ClF2O2S. The minimum atomic E-state index is -3.32. The first-order chi connectivity index (χ1) is 6.79. The van der Waals surface area contributed by atoms with Crippen LogP contribution in [0.4, 0.5) is 8.78 Å². The van der Waals surface area contributed by atoms with E-state index in [1.807, 2.05) is 0 Å². The molecule has 0 saturated carbocycles. The Balaban J connectivity index is 3.00. The highest BCUT2D eigenvalue weighted by Gasteiger charge is 2.18. The molecule has 2 nitrogen and oxygen atoms in total. The molecule has 84 valence electrons. The van der Waals surface area contributed by atoms with Crippen molar-refractivity contribution >= 4 is 21.4 Å². The molecule has 15 heavy (non-hydrogen) atoms. The Hall–Kier alpha value is -0.680. The van der Waals surface area contributed by atoms with E-state index in [-0.39, 0.29) is 5.56 Å². The minimum absolute atomic E-state index is 0.137. The quantitative estimate of drug-likeness (QED) is 0.776. The number of sulfone groups is 1. The van der Waals surface area contributed by atoms with Crippen molar-refractivity contribution in [1.82, 2.24) is 0 Å². The van der Waals surface area contributed by atoms with Gasteiger partial charge in [-0.1, -0.05) is 0 Å². The molecule has 0 aliphatic rings. The first kappa shape index (κ1) is 12.4. The van der Waals surface area contributed by atoms with Crippen LogP contribution in [0.2, 0.25) is 0 Å². The maximum absolute atomic E-state index is 13.1. The van der Waals surface area contributed by atoms with Gasteiger partial charge in [0, 0.05) is 11.8 Å². The summed E-state index contributed by atoms with van der Waals surface area (Å²) in [7, 11) is -3.32. The molecule has 0 bridgehead atoms. The largest absolute Gasteiger partial charge is 0.229 e. The first-order valence-corrected chi connectivity index (χ1v) is 6.56. The second-order valence-electron chi connectivity index (χ2n) is 3.23. The molecule has 1 aromatic rings.